The van der Waals surface area contributed by atoms with E-state index in [9.17, 15) is 14.4 Å². The molecule has 4 rings (SSSR count). The molecule has 3 aromatic carbocycles. The van der Waals surface area contributed by atoms with Crippen molar-refractivity contribution in [2.45, 2.75) is 19.4 Å². The molecule has 0 spiro atoms. The second-order valence-electron chi connectivity index (χ2n) is 8.13. The summed E-state index contributed by atoms with van der Waals surface area (Å²) in [6.45, 7) is 2.44. The highest BCUT2D eigenvalue weighted by atomic mass is 16.5. The van der Waals surface area contributed by atoms with Crippen LogP contribution in [-0.2, 0) is 30.3 Å². The van der Waals surface area contributed by atoms with E-state index >= 15 is 0 Å². The summed E-state index contributed by atoms with van der Waals surface area (Å²) >= 11 is 0. The third-order valence-electron chi connectivity index (χ3n) is 6.03. The standard InChI is InChI=1S/C29H27NO6/c1-4-36-27(31)21-16-14-20(15-17-21)24-22-12-8-9-13-23(22)30(18-19-10-6-5-7-11-19)26(24)25(28(32)34-2)29(33)35-3/h5-17,25H,4,18H2,1-3H3. The number of benzene rings is 3. The van der Waals surface area contributed by atoms with Gasteiger partial charge in [-0.15, -0.1) is 0 Å². The van der Waals surface area contributed by atoms with Crippen molar-refractivity contribution in [1.82, 2.24) is 4.57 Å². The van der Waals surface area contributed by atoms with E-state index < -0.39 is 23.8 Å². The lowest BCUT2D eigenvalue weighted by molar-refractivity contribution is -0.154. The van der Waals surface area contributed by atoms with Gasteiger partial charge in [0.25, 0.3) is 0 Å². The summed E-state index contributed by atoms with van der Waals surface area (Å²) in [5.74, 6) is -3.17. The highest BCUT2D eigenvalue weighted by molar-refractivity contribution is 6.07. The van der Waals surface area contributed by atoms with Gasteiger partial charge in [-0.1, -0.05) is 60.7 Å². The smallest absolute Gasteiger partial charge is 0.338 e. The molecular formula is C29H27NO6. The molecule has 0 fully saturated rings. The summed E-state index contributed by atoms with van der Waals surface area (Å²) in [6, 6.07) is 24.4. The minimum Gasteiger partial charge on any atom is -0.468 e. The van der Waals surface area contributed by atoms with Gasteiger partial charge < -0.3 is 18.8 Å². The maximum absolute atomic E-state index is 13.0. The maximum Gasteiger partial charge on any atom is 0.338 e. The monoisotopic (exact) mass is 485 g/mol. The Morgan fingerprint density at radius 1 is 0.806 bits per heavy atom. The first-order valence-corrected chi connectivity index (χ1v) is 11.6. The van der Waals surface area contributed by atoms with Crippen LogP contribution in [0.5, 0.6) is 0 Å². The normalized spacial score (nSPS) is 10.9. The summed E-state index contributed by atoms with van der Waals surface area (Å²) < 4.78 is 17.1. The predicted octanol–water partition coefficient (Wildman–Crippen LogP) is 4.96. The Bertz CT molecular complexity index is 1370. The van der Waals surface area contributed by atoms with Crippen LogP contribution in [0, 0.1) is 0 Å². The van der Waals surface area contributed by atoms with Crippen molar-refractivity contribution in [1.29, 1.82) is 0 Å². The van der Waals surface area contributed by atoms with E-state index in [0.717, 1.165) is 22.0 Å². The molecule has 1 heterocycles. The number of para-hydroxylation sites is 1. The van der Waals surface area contributed by atoms with Gasteiger partial charge in [-0.25, -0.2) is 4.79 Å². The summed E-state index contributed by atoms with van der Waals surface area (Å²) in [4.78, 5) is 38.2. The van der Waals surface area contributed by atoms with Crippen LogP contribution in [0.25, 0.3) is 22.0 Å². The molecule has 0 unspecified atom stereocenters. The molecule has 184 valence electrons. The van der Waals surface area contributed by atoms with Gasteiger partial charge in [0.1, 0.15) is 0 Å². The van der Waals surface area contributed by atoms with Crippen LogP contribution in [0.1, 0.15) is 34.5 Å². The van der Waals surface area contributed by atoms with E-state index in [4.69, 9.17) is 14.2 Å². The van der Waals surface area contributed by atoms with Crippen LogP contribution in [-0.4, -0.2) is 43.3 Å². The Hall–Kier alpha value is -4.39. The SMILES string of the molecule is CCOC(=O)c1ccc(-c2c(C(C(=O)OC)C(=O)OC)n(Cc3ccccc3)c3ccccc23)cc1. The van der Waals surface area contributed by atoms with Gasteiger partial charge in [0.15, 0.2) is 5.92 Å². The fourth-order valence-corrected chi connectivity index (χ4v) is 4.41. The van der Waals surface area contributed by atoms with E-state index in [2.05, 4.69) is 0 Å². The van der Waals surface area contributed by atoms with E-state index in [1.807, 2.05) is 59.2 Å². The molecule has 1 aromatic heterocycles. The third kappa shape index (κ3) is 4.73. The summed E-state index contributed by atoms with van der Waals surface area (Å²) in [6.07, 6.45) is 0. The molecular weight excluding hydrogens is 458 g/mol. The number of carbonyl (C=O) groups is 3. The molecule has 0 saturated carbocycles. The molecule has 0 radical (unpaired) electrons. The zero-order valence-electron chi connectivity index (χ0n) is 20.4. The Kier molecular flexibility index (Phi) is 7.49. The number of carbonyl (C=O) groups excluding carboxylic acids is 3. The molecule has 0 aliphatic carbocycles. The summed E-state index contributed by atoms with van der Waals surface area (Å²) in [7, 11) is 2.49. The number of nitrogens with zero attached hydrogens (tertiary/aromatic N) is 1. The van der Waals surface area contributed by atoms with Crippen molar-refractivity contribution >= 4 is 28.8 Å². The first kappa shape index (κ1) is 24.7. The predicted molar refractivity (Wildman–Crippen MR) is 136 cm³/mol. The number of methoxy groups -OCH3 is 2. The molecule has 0 amide bonds. The van der Waals surface area contributed by atoms with Crippen LogP contribution in [0.4, 0.5) is 0 Å². The zero-order valence-corrected chi connectivity index (χ0v) is 20.4. The second-order valence-corrected chi connectivity index (χ2v) is 8.13. The Balaban J connectivity index is 2.01. The molecule has 7 heteroatoms. The fourth-order valence-electron chi connectivity index (χ4n) is 4.41. The lowest BCUT2D eigenvalue weighted by Gasteiger charge is -2.19. The minimum absolute atomic E-state index is 0.275. The van der Waals surface area contributed by atoms with Crippen LogP contribution in [0.15, 0.2) is 78.9 Å². The van der Waals surface area contributed by atoms with E-state index in [1.54, 1.807) is 31.2 Å². The molecule has 36 heavy (non-hydrogen) atoms. The van der Waals surface area contributed by atoms with Crippen LogP contribution < -0.4 is 0 Å². The van der Waals surface area contributed by atoms with Crippen molar-refractivity contribution in [3.05, 3.63) is 95.7 Å². The first-order valence-electron chi connectivity index (χ1n) is 11.6. The molecule has 0 N–H and O–H groups in total. The molecule has 4 aromatic rings. The van der Waals surface area contributed by atoms with Crippen molar-refractivity contribution in [2.75, 3.05) is 20.8 Å². The number of hydrogen-bond donors (Lipinski definition) is 0. The van der Waals surface area contributed by atoms with E-state index in [1.165, 1.54) is 14.2 Å². The highest BCUT2D eigenvalue weighted by Crippen LogP contribution is 2.40. The molecule has 0 aliphatic heterocycles. The largest absolute Gasteiger partial charge is 0.468 e. The Morgan fingerprint density at radius 3 is 2.03 bits per heavy atom. The van der Waals surface area contributed by atoms with Crippen molar-refractivity contribution in [2.24, 2.45) is 0 Å². The number of hydrogen-bond acceptors (Lipinski definition) is 6. The van der Waals surface area contributed by atoms with Gasteiger partial charge >= 0.3 is 17.9 Å². The molecule has 7 nitrogen and oxygen atoms in total. The minimum atomic E-state index is -1.31. The lowest BCUT2D eigenvalue weighted by atomic mass is 9.94. The maximum atomic E-state index is 13.0. The van der Waals surface area contributed by atoms with Gasteiger partial charge in [-0.05, 0) is 36.2 Å². The fraction of sp³-hybridized carbons (Fsp3) is 0.207. The molecule has 0 bridgehead atoms. The Labute approximate surface area is 209 Å². The first-order chi connectivity index (χ1) is 17.5. The quantitative estimate of drug-likeness (QED) is 0.199. The van der Waals surface area contributed by atoms with Gasteiger partial charge in [-0.3, -0.25) is 9.59 Å². The van der Waals surface area contributed by atoms with Gasteiger partial charge in [0.2, 0.25) is 0 Å². The van der Waals surface area contributed by atoms with Crippen molar-refractivity contribution < 1.29 is 28.6 Å². The van der Waals surface area contributed by atoms with Crippen LogP contribution >= 0.6 is 0 Å². The summed E-state index contributed by atoms with van der Waals surface area (Å²) in [5.41, 5.74) is 4.14. The highest BCUT2D eigenvalue weighted by Gasteiger charge is 2.37. The topological polar surface area (TPSA) is 83.8 Å². The third-order valence-corrected chi connectivity index (χ3v) is 6.03. The average molecular weight is 486 g/mol. The van der Waals surface area contributed by atoms with Crippen molar-refractivity contribution in [3.63, 3.8) is 0 Å². The molecule has 0 atom stereocenters. The van der Waals surface area contributed by atoms with Gasteiger partial charge in [-0.2, -0.15) is 0 Å². The van der Waals surface area contributed by atoms with Gasteiger partial charge in [0.05, 0.1) is 32.1 Å². The number of fused-ring (bicyclic) bond motifs is 1. The summed E-state index contributed by atoms with van der Waals surface area (Å²) in [5, 5.41) is 0.852. The zero-order chi connectivity index (χ0) is 25.7. The van der Waals surface area contributed by atoms with E-state index in [0.29, 0.717) is 23.4 Å². The van der Waals surface area contributed by atoms with Crippen LogP contribution in [0.3, 0.4) is 0 Å². The number of esters is 3. The molecule has 0 saturated heterocycles. The number of ether oxygens (including phenoxy) is 3. The number of aromatic nitrogens is 1. The number of rotatable bonds is 8. The van der Waals surface area contributed by atoms with E-state index in [-0.39, 0.29) is 6.61 Å². The van der Waals surface area contributed by atoms with Gasteiger partial charge in [0, 0.05) is 23.0 Å². The lowest BCUT2D eigenvalue weighted by Crippen LogP contribution is -2.27. The van der Waals surface area contributed by atoms with Crippen molar-refractivity contribution in [3.8, 4) is 11.1 Å². The second kappa shape index (κ2) is 10.9. The van der Waals surface area contributed by atoms with Crippen LogP contribution in [0.2, 0.25) is 0 Å². The molecule has 0 aliphatic rings. The Morgan fingerprint density at radius 2 is 1.42 bits per heavy atom. The average Bonchev–Trinajstić information content (AvgIpc) is 3.22.